The summed E-state index contributed by atoms with van der Waals surface area (Å²) >= 11 is 0. The van der Waals surface area contributed by atoms with Crippen molar-refractivity contribution in [2.45, 2.75) is 19.6 Å². The fourth-order valence-electron chi connectivity index (χ4n) is 1.44. The number of ketones is 1. The van der Waals surface area contributed by atoms with Gasteiger partial charge in [-0.2, -0.15) is 0 Å². The minimum Gasteiger partial charge on any atom is -0.289 e. The lowest BCUT2D eigenvalue weighted by Crippen LogP contribution is -2.14. The standard InChI is InChI=1S/C18H22OSi/c1-20(2,3)16-12-7-5-4-6-11-15-18(19)17-13-9-8-10-14-17/h4-16H,1-3H3/b6-4+,7-5+,15-11+,16-12+. The van der Waals surface area contributed by atoms with Gasteiger partial charge in [-0.05, 0) is 6.08 Å². The van der Waals surface area contributed by atoms with Gasteiger partial charge >= 0.3 is 0 Å². The van der Waals surface area contributed by atoms with Gasteiger partial charge in [0.15, 0.2) is 5.78 Å². The lowest BCUT2D eigenvalue weighted by atomic mass is 10.1. The third-order valence-corrected chi connectivity index (χ3v) is 3.65. The molecule has 0 aliphatic carbocycles. The van der Waals surface area contributed by atoms with E-state index >= 15 is 0 Å². The first kappa shape index (κ1) is 16.1. The Kier molecular flexibility index (Phi) is 6.67. The number of carbonyl (C=O) groups excluding carboxylic acids is 1. The van der Waals surface area contributed by atoms with Crippen molar-refractivity contribution in [1.29, 1.82) is 0 Å². The molecular weight excluding hydrogens is 260 g/mol. The lowest BCUT2D eigenvalue weighted by Gasteiger charge is -2.06. The Morgan fingerprint density at radius 1 is 0.850 bits per heavy atom. The predicted octanol–water partition coefficient (Wildman–Crippen LogP) is 4.97. The van der Waals surface area contributed by atoms with Crippen LogP contribution in [0, 0.1) is 0 Å². The highest BCUT2D eigenvalue weighted by Gasteiger charge is 2.05. The fraction of sp³-hybridized carbons (Fsp3) is 0.167. The average molecular weight is 282 g/mol. The lowest BCUT2D eigenvalue weighted by molar-refractivity contribution is 0.104. The summed E-state index contributed by atoms with van der Waals surface area (Å²) < 4.78 is 0. The minimum atomic E-state index is -1.10. The number of rotatable bonds is 6. The van der Waals surface area contributed by atoms with Gasteiger partial charge in [-0.25, -0.2) is 0 Å². The Morgan fingerprint density at radius 3 is 2.00 bits per heavy atom. The zero-order chi connectivity index (χ0) is 14.8. The van der Waals surface area contributed by atoms with Crippen molar-refractivity contribution in [2.24, 2.45) is 0 Å². The highest BCUT2D eigenvalue weighted by molar-refractivity contribution is 6.80. The van der Waals surface area contributed by atoms with E-state index in [-0.39, 0.29) is 5.78 Å². The molecule has 0 fully saturated rings. The van der Waals surface area contributed by atoms with Crippen LogP contribution in [0.5, 0.6) is 0 Å². The second-order valence-corrected chi connectivity index (χ2v) is 10.6. The third-order valence-electron chi connectivity index (χ3n) is 2.46. The third kappa shape index (κ3) is 7.49. The summed E-state index contributed by atoms with van der Waals surface area (Å²) in [5.41, 5.74) is 3.00. The molecule has 1 nitrogen and oxygen atoms in total. The fourth-order valence-corrected chi connectivity index (χ4v) is 2.13. The molecule has 104 valence electrons. The molecule has 0 spiro atoms. The number of benzene rings is 1. The maximum atomic E-state index is 11.7. The first-order chi connectivity index (χ1) is 9.49. The van der Waals surface area contributed by atoms with Crippen LogP contribution < -0.4 is 0 Å². The van der Waals surface area contributed by atoms with E-state index in [1.165, 1.54) is 0 Å². The van der Waals surface area contributed by atoms with Gasteiger partial charge in [0.1, 0.15) is 0 Å². The van der Waals surface area contributed by atoms with E-state index in [4.69, 9.17) is 0 Å². The largest absolute Gasteiger partial charge is 0.289 e. The first-order valence-corrected chi connectivity index (χ1v) is 10.4. The average Bonchev–Trinajstić information content (AvgIpc) is 2.41. The second kappa shape index (κ2) is 8.28. The summed E-state index contributed by atoms with van der Waals surface area (Å²) in [6.45, 7) is 6.89. The van der Waals surface area contributed by atoms with E-state index in [1.807, 2.05) is 54.6 Å². The molecule has 0 saturated carbocycles. The Bertz CT molecular complexity index is 528. The zero-order valence-electron chi connectivity index (χ0n) is 12.4. The quantitative estimate of drug-likeness (QED) is 0.311. The van der Waals surface area contributed by atoms with Crippen molar-refractivity contribution in [3.05, 3.63) is 84.1 Å². The minimum absolute atomic E-state index is 0.0258. The SMILES string of the molecule is C[Si](C)(C)/C=C/C=C/C=C/C=C/C(=O)c1ccccc1. The normalized spacial score (nSPS) is 13.2. The van der Waals surface area contributed by atoms with Crippen LogP contribution in [-0.2, 0) is 0 Å². The molecule has 0 radical (unpaired) electrons. The van der Waals surface area contributed by atoms with Gasteiger partial charge in [0, 0.05) is 5.56 Å². The van der Waals surface area contributed by atoms with Crippen molar-refractivity contribution in [3.63, 3.8) is 0 Å². The summed E-state index contributed by atoms with van der Waals surface area (Å²) in [6.07, 6.45) is 13.2. The smallest absolute Gasteiger partial charge is 0.185 e. The van der Waals surface area contributed by atoms with Crippen LogP contribution in [0.3, 0.4) is 0 Å². The highest BCUT2D eigenvalue weighted by atomic mass is 28.3. The van der Waals surface area contributed by atoms with E-state index in [1.54, 1.807) is 12.2 Å². The summed E-state index contributed by atoms with van der Waals surface area (Å²) in [5.74, 6) is 0.0258. The van der Waals surface area contributed by atoms with Crippen molar-refractivity contribution in [1.82, 2.24) is 0 Å². The summed E-state index contributed by atoms with van der Waals surface area (Å²) in [7, 11) is -1.10. The maximum Gasteiger partial charge on any atom is 0.185 e. The van der Waals surface area contributed by atoms with Crippen molar-refractivity contribution < 1.29 is 4.79 Å². The predicted molar refractivity (Wildman–Crippen MR) is 90.7 cm³/mol. The number of carbonyl (C=O) groups is 1. The molecule has 0 aliphatic heterocycles. The van der Waals surface area contributed by atoms with Gasteiger partial charge in [0.25, 0.3) is 0 Å². The van der Waals surface area contributed by atoms with Crippen LogP contribution >= 0.6 is 0 Å². The molecular formula is C18H22OSi. The van der Waals surface area contributed by atoms with Crippen molar-refractivity contribution in [2.75, 3.05) is 0 Å². The molecule has 0 aromatic heterocycles. The van der Waals surface area contributed by atoms with Gasteiger partial charge in [0.2, 0.25) is 0 Å². The Balaban J connectivity index is 2.41. The molecule has 0 bridgehead atoms. The van der Waals surface area contributed by atoms with Crippen LogP contribution in [0.25, 0.3) is 0 Å². The summed E-state index contributed by atoms with van der Waals surface area (Å²) in [4.78, 5) is 11.7. The molecule has 0 unspecified atom stereocenters. The van der Waals surface area contributed by atoms with Gasteiger partial charge < -0.3 is 0 Å². The molecule has 20 heavy (non-hydrogen) atoms. The van der Waals surface area contributed by atoms with Crippen LogP contribution in [-0.4, -0.2) is 13.9 Å². The summed E-state index contributed by atoms with van der Waals surface area (Å²) in [6, 6.07) is 9.27. The van der Waals surface area contributed by atoms with Gasteiger partial charge in [-0.3, -0.25) is 4.79 Å². The maximum absolute atomic E-state index is 11.7. The van der Waals surface area contributed by atoms with Gasteiger partial charge in [-0.1, -0.05) is 92.1 Å². The van der Waals surface area contributed by atoms with Crippen LogP contribution in [0.2, 0.25) is 19.6 Å². The van der Waals surface area contributed by atoms with Crippen LogP contribution in [0.1, 0.15) is 10.4 Å². The van der Waals surface area contributed by atoms with Gasteiger partial charge in [-0.15, -0.1) is 0 Å². The molecule has 0 saturated heterocycles. The Labute approximate surface area is 123 Å². The van der Waals surface area contributed by atoms with E-state index in [2.05, 4.69) is 31.4 Å². The monoisotopic (exact) mass is 282 g/mol. The number of hydrogen-bond acceptors (Lipinski definition) is 1. The topological polar surface area (TPSA) is 17.1 Å². The summed E-state index contributed by atoms with van der Waals surface area (Å²) in [5, 5.41) is 0. The van der Waals surface area contributed by atoms with E-state index in [0.717, 1.165) is 0 Å². The molecule has 0 amide bonds. The Morgan fingerprint density at radius 2 is 1.40 bits per heavy atom. The molecule has 0 N–H and O–H groups in total. The molecule has 1 rings (SSSR count). The van der Waals surface area contributed by atoms with E-state index in [0.29, 0.717) is 5.56 Å². The number of hydrogen-bond donors (Lipinski definition) is 0. The highest BCUT2D eigenvalue weighted by Crippen LogP contribution is 2.02. The molecule has 1 aromatic carbocycles. The molecule has 2 heteroatoms. The molecule has 0 heterocycles. The van der Waals surface area contributed by atoms with E-state index in [9.17, 15) is 4.79 Å². The van der Waals surface area contributed by atoms with Crippen LogP contribution in [0.4, 0.5) is 0 Å². The molecule has 0 aliphatic rings. The molecule has 1 aromatic rings. The van der Waals surface area contributed by atoms with Gasteiger partial charge in [0.05, 0.1) is 8.07 Å². The zero-order valence-corrected chi connectivity index (χ0v) is 13.4. The van der Waals surface area contributed by atoms with Crippen molar-refractivity contribution >= 4 is 13.9 Å². The number of allylic oxidation sites excluding steroid dienone is 7. The second-order valence-electron chi connectivity index (χ2n) is 5.58. The van der Waals surface area contributed by atoms with Crippen LogP contribution in [0.15, 0.2) is 78.6 Å². The Hall–Kier alpha value is -1.93. The molecule has 0 atom stereocenters. The van der Waals surface area contributed by atoms with Crippen molar-refractivity contribution in [3.8, 4) is 0 Å². The first-order valence-electron chi connectivity index (χ1n) is 6.78. The van der Waals surface area contributed by atoms with E-state index < -0.39 is 8.07 Å².